The third-order valence-electron chi connectivity index (χ3n) is 5.76. The van der Waals surface area contributed by atoms with Gasteiger partial charge < -0.3 is 15.0 Å². The molecular formula is C25H24N4O4. The molecule has 2 heterocycles. The highest BCUT2D eigenvalue weighted by molar-refractivity contribution is 5.98. The topological polar surface area (TPSA) is 101 Å². The zero-order valence-corrected chi connectivity index (χ0v) is 18.4. The first-order valence-corrected chi connectivity index (χ1v) is 10.5. The summed E-state index contributed by atoms with van der Waals surface area (Å²) in [6.07, 6.45) is 3.88. The molecular weight excluding hydrogens is 420 g/mol. The van der Waals surface area contributed by atoms with Crippen LogP contribution in [0.4, 0.5) is 4.79 Å². The predicted octanol–water partition coefficient (Wildman–Crippen LogP) is 3.22. The molecule has 0 fully saturated rings. The van der Waals surface area contributed by atoms with Crippen LogP contribution >= 0.6 is 0 Å². The lowest BCUT2D eigenvalue weighted by atomic mass is 9.99. The average Bonchev–Trinajstić information content (AvgIpc) is 3.13. The highest BCUT2D eigenvalue weighted by atomic mass is 16.5. The molecule has 168 valence electrons. The normalized spacial score (nSPS) is 13.3. The Morgan fingerprint density at radius 1 is 1.18 bits per heavy atom. The van der Waals surface area contributed by atoms with Crippen LogP contribution in [0.15, 0.2) is 60.9 Å². The first-order chi connectivity index (χ1) is 16.0. The molecule has 1 aliphatic heterocycles. The van der Waals surface area contributed by atoms with Gasteiger partial charge in [-0.1, -0.05) is 30.3 Å². The van der Waals surface area contributed by atoms with Gasteiger partial charge in [-0.25, -0.2) is 4.79 Å². The van der Waals surface area contributed by atoms with Crippen LogP contribution in [0.2, 0.25) is 0 Å². The van der Waals surface area contributed by atoms with E-state index in [0.29, 0.717) is 24.3 Å². The molecule has 0 aliphatic carbocycles. The second-order valence-corrected chi connectivity index (χ2v) is 7.81. The molecule has 0 saturated heterocycles. The standard InChI is InChI=1S/C25H24N4O4/c1-16-9-10-26-12-22(16)17-3-5-18(6-4-17)23(28-25(32)27-15-30)14-29-13-19-7-8-20(33-2)11-21(19)24(29)31/h3-12,15,23H,13-14H2,1-2H3,(H2,27,28,30,32)/t23-/m0/s1. The van der Waals surface area contributed by atoms with Crippen molar-refractivity contribution in [1.82, 2.24) is 20.5 Å². The molecule has 8 heteroatoms. The van der Waals surface area contributed by atoms with Gasteiger partial charge in [0.25, 0.3) is 5.91 Å². The SMILES string of the molecule is COc1ccc2c(c1)C(=O)N(C[C@H](NC(=O)NC=O)c1ccc(-c3cnccc3C)cc1)C2. The second kappa shape index (κ2) is 9.52. The highest BCUT2D eigenvalue weighted by Crippen LogP contribution is 2.29. The van der Waals surface area contributed by atoms with Crippen LogP contribution in [-0.2, 0) is 11.3 Å². The fourth-order valence-corrected chi connectivity index (χ4v) is 3.98. The Kier molecular flexibility index (Phi) is 6.35. The quantitative estimate of drug-likeness (QED) is 0.545. The van der Waals surface area contributed by atoms with Gasteiger partial charge in [-0.15, -0.1) is 0 Å². The minimum Gasteiger partial charge on any atom is -0.497 e. The predicted molar refractivity (Wildman–Crippen MR) is 123 cm³/mol. The highest BCUT2D eigenvalue weighted by Gasteiger charge is 2.30. The monoisotopic (exact) mass is 444 g/mol. The fraction of sp³-hybridized carbons (Fsp3) is 0.200. The molecule has 0 saturated carbocycles. The number of hydrogen-bond acceptors (Lipinski definition) is 5. The minimum atomic E-state index is -0.631. The molecule has 1 atom stereocenters. The number of aryl methyl sites for hydroxylation is 1. The molecule has 2 aromatic carbocycles. The van der Waals surface area contributed by atoms with Crippen molar-refractivity contribution in [1.29, 1.82) is 0 Å². The smallest absolute Gasteiger partial charge is 0.321 e. The van der Waals surface area contributed by atoms with Gasteiger partial charge in [-0.2, -0.15) is 0 Å². The van der Waals surface area contributed by atoms with E-state index < -0.39 is 12.1 Å². The van der Waals surface area contributed by atoms with E-state index in [1.165, 1.54) is 0 Å². The number of rotatable bonds is 7. The summed E-state index contributed by atoms with van der Waals surface area (Å²) in [5.41, 5.74) is 5.42. The summed E-state index contributed by atoms with van der Waals surface area (Å²) >= 11 is 0. The molecule has 0 unspecified atom stereocenters. The summed E-state index contributed by atoms with van der Waals surface area (Å²) in [7, 11) is 1.56. The van der Waals surface area contributed by atoms with E-state index in [9.17, 15) is 14.4 Å². The minimum absolute atomic E-state index is 0.130. The van der Waals surface area contributed by atoms with Crippen LogP contribution in [0.25, 0.3) is 11.1 Å². The number of nitrogens with one attached hydrogen (secondary N) is 2. The largest absolute Gasteiger partial charge is 0.497 e. The van der Waals surface area contributed by atoms with Gasteiger partial charge in [-0.3, -0.25) is 19.9 Å². The first-order valence-electron chi connectivity index (χ1n) is 10.5. The molecule has 8 nitrogen and oxygen atoms in total. The molecule has 0 radical (unpaired) electrons. The number of carbonyl (C=O) groups excluding carboxylic acids is 3. The molecule has 4 rings (SSSR count). The van der Waals surface area contributed by atoms with Gasteiger partial charge in [-0.05, 0) is 47.4 Å². The van der Waals surface area contributed by atoms with E-state index in [0.717, 1.165) is 27.8 Å². The van der Waals surface area contributed by atoms with Crippen LogP contribution < -0.4 is 15.4 Å². The van der Waals surface area contributed by atoms with Gasteiger partial charge in [0, 0.05) is 36.6 Å². The molecule has 3 aromatic rings. The van der Waals surface area contributed by atoms with E-state index in [1.807, 2.05) is 55.6 Å². The van der Waals surface area contributed by atoms with Crippen molar-refractivity contribution < 1.29 is 19.1 Å². The van der Waals surface area contributed by atoms with E-state index in [-0.39, 0.29) is 12.5 Å². The summed E-state index contributed by atoms with van der Waals surface area (Å²) in [5, 5.41) is 4.89. The number of carbonyl (C=O) groups is 3. The Morgan fingerprint density at radius 2 is 1.97 bits per heavy atom. The van der Waals surface area contributed by atoms with E-state index in [1.54, 1.807) is 24.3 Å². The van der Waals surface area contributed by atoms with Crippen molar-refractivity contribution in [2.45, 2.75) is 19.5 Å². The maximum Gasteiger partial charge on any atom is 0.321 e. The number of pyridine rings is 1. The van der Waals surface area contributed by atoms with Crippen LogP contribution in [0.5, 0.6) is 5.75 Å². The Balaban J connectivity index is 1.58. The van der Waals surface area contributed by atoms with E-state index in [2.05, 4.69) is 15.6 Å². The van der Waals surface area contributed by atoms with Gasteiger partial charge >= 0.3 is 6.03 Å². The zero-order chi connectivity index (χ0) is 23.4. The lowest BCUT2D eigenvalue weighted by molar-refractivity contribution is -0.108. The number of fused-ring (bicyclic) bond motifs is 1. The molecule has 4 amide bonds. The number of methoxy groups -OCH3 is 1. The van der Waals surface area contributed by atoms with E-state index >= 15 is 0 Å². The van der Waals surface area contributed by atoms with Gasteiger partial charge in [0.1, 0.15) is 5.75 Å². The second-order valence-electron chi connectivity index (χ2n) is 7.81. The van der Waals surface area contributed by atoms with Crippen molar-refractivity contribution in [2.24, 2.45) is 0 Å². The van der Waals surface area contributed by atoms with Crippen LogP contribution in [0.3, 0.4) is 0 Å². The number of imide groups is 1. The number of urea groups is 1. The summed E-state index contributed by atoms with van der Waals surface area (Å²) in [6, 6.07) is 13.9. The van der Waals surface area contributed by atoms with Crippen molar-refractivity contribution in [3.05, 3.63) is 83.2 Å². The van der Waals surface area contributed by atoms with Crippen molar-refractivity contribution in [3.63, 3.8) is 0 Å². The Labute approximate surface area is 191 Å². The summed E-state index contributed by atoms with van der Waals surface area (Å²) in [6.45, 7) is 2.69. The van der Waals surface area contributed by atoms with Gasteiger partial charge in [0.2, 0.25) is 6.41 Å². The maximum atomic E-state index is 13.0. The Morgan fingerprint density at radius 3 is 2.67 bits per heavy atom. The molecule has 33 heavy (non-hydrogen) atoms. The third-order valence-corrected chi connectivity index (χ3v) is 5.76. The van der Waals surface area contributed by atoms with Crippen LogP contribution in [-0.4, -0.2) is 41.9 Å². The number of hydrogen-bond donors (Lipinski definition) is 2. The van der Waals surface area contributed by atoms with Gasteiger partial charge in [0.15, 0.2) is 0 Å². The maximum absolute atomic E-state index is 13.0. The third kappa shape index (κ3) is 4.69. The molecule has 1 aliphatic rings. The Hall–Kier alpha value is -4.20. The molecule has 1 aromatic heterocycles. The molecule has 0 spiro atoms. The van der Waals surface area contributed by atoms with Gasteiger partial charge in [0.05, 0.1) is 13.2 Å². The average molecular weight is 444 g/mol. The Bertz CT molecular complexity index is 1190. The number of ether oxygens (including phenoxy) is 1. The summed E-state index contributed by atoms with van der Waals surface area (Å²) in [5.74, 6) is 0.486. The number of benzene rings is 2. The lowest BCUT2D eigenvalue weighted by Gasteiger charge is -2.25. The zero-order valence-electron chi connectivity index (χ0n) is 18.4. The summed E-state index contributed by atoms with van der Waals surface area (Å²) < 4.78 is 5.24. The van der Waals surface area contributed by atoms with Crippen molar-refractivity contribution in [2.75, 3.05) is 13.7 Å². The number of aromatic nitrogens is 1. The van der Waals surface area contributed by atoms with Crippen LogP contribution in [0, 0.1) is 6.92 Å². The molecule has 2 N–H and O–H groups in total. The molecule has 0 bridgehead atoms. The number of amides is 4. The van der Waals surface area contributed by atoms with Crippen LogP contribution in [0.1, 0.15) is 33.1 Å². The fourth-order valence-electron chi connectivity index (χ4n) is 3.98. The first kappa shape index (κ1) is 22.0. The lowest BCUT2D eigenvalue weighted by Crippen LogP contribution is -2.42. The number of nitrogens with zero attached hydrogens (tertiary/aromatic N) is 2. The summed E-state index contributed by atoms with van der Waals surface area (Å²) in [4.78, 5) is 41.7. The van der Waals surface area contributed by atoms with Crippen molar-refractivity contribution in [3.8, 4) is 16.9 Å². The van der Waals surface area contributed by atoms with Crippen molar-refractivity contribution >= 4 is 18.3 Å². The van der Waals surface area contributed by atoms with E-state index in [4.69, 9.17) is 4.74 Å².